The number of thioether (sulfide) groups is 2. The molecular weight excluding hydrogens is 323 g/mol. The highest BCUT2D eigenvalue weighted by Gasteiger charge is 2.25. The number of morpholine rings is 1. The predicted molar refractivity (Wildman–Crippen MR) is 88.9 cm³/mol. The second-order valence-electron chi connectivity index (χ2n) is 5.04. The normalized spacial score (nSPS) is 21.8. The number of halogens is 1. The van der Waals surface area contributed by atoms with Crippen molar-refractivity contribution in [3.05, 3.63) is 35.6 Å². The van der Waals surface area contributed by atoms with Crippen molar-refractivity contribution < 1.29 is 13.9 Å². The fraction of sp³-hybridized carbons (Fsp3) is 0.467. The van der Waals surface area contributed by atoms with Gasteiger partial charge in [-0.05, 0) is 17.7 Å². The van der Waals surface area contributed by atoms with Crippen LogP contribution in [0.3, 0.4) is 0 Å². The molecule has 0 aliphatic carbocycles. The van der Waals surface area contributed by atoms with Gasteiger partial charge in [0.2, 0.25) is 5.91 Å². The number of hydrogen-bond donors (Lipinski definition) is 0. The molecule has 2 aliphatic rings. The molecule has 4 nitrogen and oxygen atoms in total. The smallest absolute Gasteiger partial charge is 0.233 e. The fourth-order valence-electron chi connectivity index (χ4n) is 2.37. The van der Waals surface area contributed by atoms with Gasteiger partial charge in [0.1, 0.15) is 16.3 Å². The van der Waals surface area contributed by atoms with Crippen molar-refractivity contribution in [2.45, 2.75) is 6.10 Å². The Morgan fingerprint density at radius 3 is 3.00 bits per heavy atom. The van der Waals surface area contributed by atoms with Crippen LogP contribution in [0, 0.1) is 5.82 Å². The van der Waals surface area contributed by atoms with Crippen molar-refractivity contribution in [3.63, 3.8) is 0 Å². The average Bonchev–Trinajstić information content (AvgIpc) is 3.07. The van der Waals surface area contributed by atoms with Crippen LogP contribution >= 0.6 is 23.5 Å². The Balaban J connectivity index is 1.55. The highest BCUT2D eigenvalue weighted by molar-refractivity contribution is 8.39. The van der Waals surface area contributed by atoms with Gasteiger partial charge in [0, 0.05) is 12.3 Å². The third kappa shape index (κ3) is 4.02. The number of carbonyl (C=O) groups excluding carboxylic acids is 1. The van der Waals surface area contributed by atoms with Crippen LogP contribution in [0.4, 0.5) is 4.39 Å². The first-order valence-corrected chi connectivity index (χ1v) is 9.14. The molecule has 0 aromatic heterocycles. The number of benzene rings is 1. The van der Waals surface area contributed by atoms with E-state index in [0.717, 1.165) is 22.2 Å². The van der Waals surface area contributed by atoms with Gasteiger partial charge < -0.3 is 9.64 Å². The number of ether oxygens (including phenoxy) is 1. The summed E-state index contributed by atoms with van der Waals surface area (Å²) in [4.78, 5) is 18.5. The van der Waals surface area contributed by atoms with E-state index < -0.39 is 0 Å². The maximum atomic E-state index is 13.0. The van der Waals surface area contributed by atoms with Crippen molar-refractivity contribution in [3.8, 4) is 0 Å². The Kier molecular flexibility index (Phi) is 5.38. The number of nitrogens with zero attached hydrogens (tertiary/aromatic N) is 2. The monoisotopic (exact) mass is 340 g/mol. The predicted octanol–water partition coefficient (Wildman–Crippen LogP) is 2.56. The number of rotatable bonds is 3. The second-order valence-corrected chi connectivity index (χ2v) is 7.34. The molecule has 0 bridgehead atoms. The van der Waals surface area contributed by atoms with E-state index in [-0.39, 0.29) is 17.8 Å². The molecule has 1 amide bonds. The van der Waals surface area contributed by atoms with E-state index in [9.17, 15) is 9.18 Å². The van der Waals surface area contributed by atoms with E-state index in [2.05, 4.69) is 4.99 Å². The highest BCUT2D eigenvalue weighted by Crippen LogP contribution is 2.25. The van der Waals surface area contributed by atoms with E-state index in [4.69, 9.17) is 4.74 Å². The third-order valence-electron chi connectivity index (χ3n) is 3.54. The second kappa shape index (κ2) is 7.48. The van der Waals surface area contributed by atoms with Gasteiger partial charge in [-0.15, -0.1) is 0 Å². The SMILES string of the molecule is O=C(CSC1=NCCS1)N1CCO[C@@H](c2ccc(F)cc2)C1. The van der Waals surface area contributed by atoms with Gasteiger partial charge in [-0.25, -0.2) is 4.39 Å². The molecule has 1 atom stereocenters. The Labute approximate surface area is 137 Å². The van der Waals surface area contributed by atoms with E-state index in [1.807, 2.05) is 4.90 Å². The highest BCUT2D eigenvalue weighted by atomic mass is 32.2. The van der Waals surface area contributed by atoms with E-state index in [1.165, 1.54) is 23.9 Å². The van der Waals surface area contributed by atoms with E-state index in [0.29, 0.717) is 25.4 Å². The van der Waals surface area contributed by atoms with Crippen LogP contribution in [-0.2, 0) is 9.53 Å². The first kappa shape index (κ1) is 15.8. The van der Waals surface area contributed by atoms with Crippen LogP contribution < -0.4 is 0 Å². The number of carbonyl (C=O) groups is 1. The largest absolute Gasteiger partial charge is 0.370 e. The van der Waals surface area contributed by atoms with Crippen LogP contribution in [0.25, 0.3) is 0 Å². The van der Waals surface area contributed by atoms with Crippen molar-refractivity contribution in [1.29, 1.82) is 0 Å². The molecule has 1 aromatic carbocycles. The molecule has 0 unspecified atom stereocenters. The van der Waals surface area contributed by atoms with Crippen LogP contribution in [0.1, 0.15) is 11.7 Å². The molecule has 0 N–H and O–H groups in total. The summed E-state index contributed by atoms with van der Waals surface area (Å²) in [5, 5.41) is 0. The van der Waals surface area contributed by atoms with Crippen LogP contribution in [0.5, 0.6) is 0 Å². The molecule has 118 valence electrons. The molecule has 22 heavy (non-hydrogen) atoms. The van der Waals surface area contributed by atoms with Crippen LogP contribution in [0.2, 0.25) is 0 Å². The summed E-state index contributed by atoms with van der Waals surface area (Å²) in [6.45, 7) is 2.49. The lowest BCUT2D eigenvalue weighted by molar-refractivity contribution is -0.136. The van der Waals surface area contributed by atoms with E-state index >= 15 is 0 Å². The summed E-state index contributed by atoms with van der Waals surface area (Å²) in [6, 6.07) is 6.27. The Morgan fingerprint density at radius 2 is 2.27 bits per heavy atom. The third-order valence-corrected chi connectivity index (χ3v) is 5.77. The first-order chi connectivity index (χ1) is 10.7. The Morgan fingerprint density at radius 1 is 1.45 bits per heavy atom. The lowest BCUT2D eigenvalue weighted by Gasteiger charge is -2.33. The molecule has 1 saturated heterocycles. The van der Waals surface area contributed by atoms with Gasteiger partial charge in [-0.2, -0.15) is 0 Å². The summed E-state index contributed by atoms with van der Waals surface area (Å²) in [5.41, 5.74) is 0.905. The molecule has 0 radical (unpaired) electrons. The van der Waals surface area contributed by atoms with Crippen LogP contribution in [-0.4, -0.2) is 52.9 Å². The summed E-state index contributed by atoms with van der Waals surface area (Å²) in [7, 11) is 0. The summed E-state index contributed by atoms with van der Waals surface area (Å²) in [5.74, 6) is 1.28. The Bertz CT molecular complexity index is 565. The van der Waals surface area contributed by atoms with Gasteiger partial charge in [0.05, 0.1) is 25.4 Å². The topological polar surface area (TPSA) is 41.9 Å². The fourth-order valence-corrected chi connectivity index (χ4v) is 4.28. The maximum Gasteiger partial charge on any atom is 0.233 e. The summed E-state index contributed by atoms with van der Waals surface area (Å²) in [6.07, 6.45) is -0.179. The van der Waals surface area contributed by atoms with Gasteiger partial charge in [-0.1, -0.05) is 35.7 Å². The lowest BCUT2D eigenvalue weighted by atomic mass is 10.1. The minimum absolute atomic E-state index is 0.107. The van der Waals surface area contributed by atoms with Gasteiger partial charge in [-0.3, -0.25) is 9.79 Å². The van der Waals surface area contributed by atoms with Gasteiger partial charge in [0.15, 0.2) is 0 Å². The molecule has 3 rings (SSSR count). The molecule has 2 aliphatic heterocycles. The standard InChI is InChI=1S/C15H17FN2O2S2/c16-12-3-1-11(2-4-12)13-9-18(6-7-20-13)14(19)10-22-15-17-5-8-21-15/h1-4,13H,5-10H2/t13-/m1/s1. The minimum atomic E-state index is -0.265. The maximum absolute atomic E-state index is 13.0. The zero-order valence-corrected chi connectivity index (χ0v) is 13.7. The molecule has 1 fully saturated rings. The van der Waals surface area contributed by atoms with Crippen molar-refractivity contribution in [1.82, 2.24) is 4.90 Å². The summed E-state index contributed by atoms with van der Waals surface area (Å²) >= 11 is 3.23. The van der Waals surface area contributed by atoms with Gasteiger partial charge >= 0.3 is 0 Å². The lowest BCUT2D eigenvalue weighted by Crippen LogP contribution is -2.43. The molecule has 1 aromatic rings. The van der Waals surface area contributed by atoms with Crippen molar-refractivity contribution in [2.75, 3.05) is 37.7 Å². The Hall–Kier alpha value is -1.05. The minimum Gasteiger partial charge on any atom is -0.370 e. The van der Waals surface area contributed by atoms with E-state index in [1.54, 1.807) is 23.9 Å². The molecule has 0 saturated carbocycles. The molecule has 0 spiro atoms. The molecular formula is C15H17FN2O2S2. The number of amides is 1. The quantitative estimate of drug-likeness (QED) is 0.848. The first-order valence-electron chi connectivity index (χ1n) is 7.17. The van der Waals surface area contributed by atoms with Crippen molar-refractivity contribution in [2.24, 2.45) is 4.99 Å². The molecule has 7 heteroatoms. The summed E-state index contributed by atoms with van der Waals surface area (Å²) < 4.78 is 19.7. The molecule has 2 heterocycles. The average molecular weight is 340 g/mol. The van der Waals surface area contributed by atoms with Gasteiger partial charge in [0.25, 0.3) is 0 Å². The zero-order chi connectivity index (χ0) is 15.4. The van der Waals surface area contributed by atoms with Crippen LogP contribution in [0.15, 0.2) is 29.3 Å². The number of aliphatic imine (C=N–C) groups is 1. The van der Waals surface area contributed by atoms with Crippen molar-refractivity contribution >= 4 is 33.8 Å². The zero-order valence-electron chi connectivity index (χ0n) is 12.0. The number of hydrogen-bond acceptors (Lipinski definition) is 5.